The zero-order valence-electron chi connectivity index (χ0n) is 12.1. The maximum Gasteiger partial charge on any atom is 0.269 e. The van der Waals surface area contributed by atoms with Crippen molar-refractivity contribution in [2.45, 2.75) is 25.8 Å². The number of non-ortho nitro benzene ring substituents is 1. The minimum atomic E-state index is -0.300. The molecule has 0 spiro atoms. The molecule has 3 rings (SSSR count). The topological polar surface area (TPSA) is 58.4 Å². The second kappa shape index (κ2) is 7.20. The van der Waals surface area contributed by atoms with Gasteiger partial charge in [-0.05, 0) is 49.4 Å². The molecule has 1 aromatic rings. The van der Waals surface area contributed by atoms with E-state index < -0.39 is 0 Å². The van der Waals surface area contributed by atoms with Crippen LogP contribution in [0.1, 0.15) is 24.0 Å². The molecule has 1 saturated heterocycles. The fourth-order valence-electron chi connectivity index (χ4n) is 3.30. The number of halogens is 1. The first-order valence-electron chi connectivity index (χ1n) is 7.41. The Morgan fingerprint density at radius 2 is 2.05 bits per heavy atom. The van der Waals surface area contributed by atoms with Crippen molar-refractivity contribution in [3.05, 3.63) is 39.4 Å². The molecule has 21 heavy (non-hydrogen) atoms. The fourth-order valence-corrected chi connectivity index (χ4v) is 3.30. The lowest BCUT2D eigenvalue weighted by molar-refractivity contribution is -0.385. The summed E-state index contributed by atoms with van der Waals surface area (Å²) in [5, 5.41) is 14.3. The third-order valence-corrected chi connectivity index (χ3v) is 4.47. The summed E-state index contributed by atoms with van der Waals surface area (Å²) in [6, 6.07) is 5.31. The molecule has 1 fully saturated rings. The van der Waals surface area contributed by atoms with Crippen molar-refractivity contribution in [2.75, 3.05) is 26.2 Å². The van der Waals surface area contributed by atoms with Crippen molar-refractivity contribution in [1.82, 2.24) is 10.2 Å². The highest BCUT2D eigenvalue weighted by atomic mass is 35.5. The molecule has 2 aliphatic rings. The van der Waals surface area contributed by atoms with E-state index in [2.05, 4.69) is 10.2 Å². The summed E-state index contributed by atoms with van der Waals surface area (Å²) >= 11 is 0. The van der Waals surface area contributed by atoms with Gasteiger partial charge < -0.3 is 5.32 Å². The molecule has 1 N–H and O–H groups in total. The highest BCUT2D eigenvalue weighted by Gasteiger charge is 2.22. The first kappa shape index (κ1) is 16.2. The number of hydrogen-bond donors (Lipinski definition) is 1. The van der Waals surface area contributed by atoms with Gasteiger partial charge in [0.05, 0.1) is 4.92 Å². The average molecular weight is 312 g/mol. The number of fused-ring (bicyclic) bond motifs is 1. The minimum absolute atomic E-state index is 0. The van der Waals surface area contributed by atoms with Gasteiger partial charge in [-0.1, -0.05) is 6.07 Å². The van der Waals surface area contributed by atoms with Gasteiger partial charge in [-0.2, -0.15) is 0 Å². The third-order valence-electron chi connectivity index (χ3n) is 4.47. The predicted octanol–water partition coefficient (Wildman–Crippen LogP) is 2.37. The Balaban J connectivity index is 0.00000161. The molecular weight excluding hydrogens is 290 g/mol. The summed E-state index contributed by atoms with van der Waals surface area (Å²) in [5.74, 6) is 0.775. The summed E-state index contributed by atoms with van der Waals surface area (Å²) in [6.07, 6.45) is 3.51. The second-order valence-corrected chi connectivity index (χ2v) is 5.89. The van der Waals surface area contributed by atoms with Crippen molar-refractivity contribution in [3.63, 3.8) is 0 Å². The number of benzene rings is 1. The quantitative estimate of drug-likeness (QED) is 0.688. The van der Waals surface area contributed by atoms with Crippen LogP contribution in [0, 0.1) is 16.0 Å². The van der Waals surface area contributed by atoms with Crippen molar-refractivity contribution >= 4 is 18.1 Å². The highest BCUT2D eigenvalue weighted by molar-refractivity contribution is 5.85. The Hall–Kier alpha value is -1.17. The molecule has 0 bridgehead atoms. The van der Waals surface area contributed by atoms with Gasteiger partial charge in [0.25, 0.3) is 5.69 Å². The van der Waals surface area contributed by atoms with Crippen LogP contribution in [0.4, 0.5) is 5.69 Å². The standard InChI is InChI=1S/C15H21N3O2.ClH/c19-18(20)15-2-1-13-5-8-17(11-14(13)9-15)10-12-3-6-16-7-4-12;/h1-2,9,12,16H,3-8,10-11H2;1H. The van der Waals surface area contributed by atoms with Gasteiger partial charge in [0, 0.05) is 31.8 Å². The molecule has 0 aromatic heterocycles. The second-order valence-electron chi connectivity index (χ2n) is 5.89. The molecule has 2 heterocycles. The van der Waals surface area contributed by atoms with Crippen LogP contribution in [-0.4, -0.2) is 36.0 Å². The molecule has 0 saturated carbocycles. The van der Waals surface area contributed by atoms with E-state index in [1.807, 2.05) is 6.07 Å². The number of nitrogens with one attached hydrogen (secondary N) is 1. The highest BCUT2D eigenvalue weighted by Crippen LogP contribution is 2.25. The molecule has 0 unspecified atom stereocenters. The van der Waals surface area contributed by atoms with E-state index in [4.69, 9.17) is 0 Å². The van der Waals surface area contributed by atoms with Crippen molar-refractivity contribution < 1.29 is 4.92 Å². The van der Waals surface area contributed by atoms with Crippen LogP contribution in [0.15, 0.2) is 18.2 Å². The van der Waals surface area contributed by atoms with Gasteiger partial charge in [-0.25, -0.2) is 0 Å². The average Bonchev–Trinajstić information content (AvgIpc) is 2.47. The predicted molar refractivity (Wildman–Crippen MR) is 84.9 cm³/mol. The summed E-state index contributed by atoms with van der Waals surface area (Å²) in [7, 11) is 0. The number of nitrogens with zero attached hydrogens (tertiary/aromatic N) is 2. The third kappa shape index (κ3) is 3.93. The maximum absolute atomic E-state index is 10.9. The summed E-state index contributed by atoms with van der Waals surface area (Å²) in [5.41, 5.74) is 2.63. The maximum atomic E-state index is 10.9. The van der Waals surface area contributed by atoms with E-state index in [1.165, 1.54) is 18.4 Å². The van der Waals surface area contributed by atoms with Crippen LogP contribution >= 0.6 is 12.4 Å². The van der Waals surface area contributed by atoms with Gasteiger partial charge in [-0.15, -0.1) is 12.4 Å². The van der Waals surface area contributed by atoms with E-state index in [9.17, 15) is 10.1 Å². The molecule has 0 atom stereocenters. The lowest BCUT2D eigenvalue weighted by Crippen LogP contribution is -2.38. The fraction of sp³-hybridized carbons (Fsp3) is 0.600. The Labute approximate surface area is 131 Å². The Bertz CT molecular complexity index is 504. The van der Waals surface area contributed by atoms with Crippen LogP contribution in [0.3, 0.4) is 0 Å². The van der Waals surface area contributed by atoms with Crippen molar-refractivity contribution in [1.29, 1.82) is 0 Å². The van der Waals surface area contributed by atoms with E-state index >= 15 is 0 Å². The molecule has 6 heteroatoms. The normalized spacial score (nSPS) is 19.6. The van der Waals surface area contributed by atoms with Crippen molar-refractivity contribution in [3.8, 4) is 0 Å². The van der Waals surface area contributed by atoms with Crippen molar-refractivity contribution in [2.24, 2.45) is 5.92 Å². The molecule has 0 amide bonds. The lowest BCUT2D eigenvalue weighted by Gasteiger charge is -2.33. The molecule has 1 aromatic carbocycles. The van der Waals surface area contributed by atoms with Gasteiger partial charge in [0.2, 0.25) is 0 Å². The number of rotatable bonds is 3. The van der Waals surface area contributed by atoms with Gasteiger partial charge in [0.1, 0.15) is 0 Å². The van der Waals surface area contributed by atoms with Crippen LogP contribution in [0.25, 0.3) is 0 Å². The molecule has 5 nitrogen and oxygen atoms in total. The molecule has 0 radical (unpaired) electrons. The van der Waals surface area contributed by atoms with Gasteiger partial charge in [-0.3, -0.25) is 15.0 Å². The Morgan fingerprint density at radius 3 is 2.76 bits per heavy atom. The van der Waals surface area contributed by atoms with Crippen LogP contribution in [0.2, 0.25) is 0 Å². The Morgan fingerprint density at radius 1 is 1.29 bits per heavy atom. The first-order chi connectivity index (χ1) is 9.72. The number of nitro groups is 1. The van der Waals surface area contributed by atoms with E-state index in [1.54, 1.807) is 12.1 Å². The molecule has 116 valence electrons. The summed E-state index contributed by atoms with van der Waals surface area (Å²) < 4.78 is 0. The van der Waals surface area contributed by atoms with Crippen LogP contribution < -0.4 is 5.32 Å². The number of piperidine rings is 1. The zero-order valence-corrected chi connectivity index (χ0v) is 12.9. The number of hydrogen-bond acceptors (Lipinski definition) is 4. The largest absolute Gasteiger partial charge is 0.317 e. The Kier molecular flexibility index (Phi) is 5.56. The van der Waals surface area contributed by atoms with Crippen LogP contribution in [0.5, 0.6) is 0 Å². The monoisotopic (exact) mass is 311 g/mol. The van der Waals surface area contributed by atoms with E-state index in [-0.39, 0.29) is 23.0 Å². The minimum Gasteiger partial charge on any atom is -0.317 e. The summed E-state index contributed by atoms with van der Waals surface area (Å²) in [6.45, 7) is 5.32. The first-order valence-corrected chi connectivity index (χ1v) is 7.41. The number of nitro benzene ring substituents is 1. The lowest BCUT2D eigenvalue weighted by atomic mass is 9.94. The molecule has 2 aliphatic heterocycles. The van der Waals surface area contributed by atoms with E-state index in [0.29, 0.717) is 0 Å². The molecular formula is C15H22ClN3O2. The smallest absolute Gasteiger partial charge is 0.269 e. The van der Waals surface area contributed by atoms with Gasteiger partial charge in [0.15, 0.2) is 0 Å². The zero-order chi connectivity index (χ0) is 13.9. The van der Waals surface area contributed by atoms with Gasteiger partial charge >= 0.3 is 0 Å². The molecule has 0 aliphatic carbocycles. The SMILES string of the molecule is Cl.O=[N+]([O-])c1ccc2c(c1)CN(CC1CCNCC1)CC2. The summed E-state index contributed by atoms with van der Waals surface area (Å²) in [4.78, 5) is 13.0. The van der Waals surface area contributed by atoms with Crippen LogP contribution in [-0.2, 0) is 13.0 Å². The van der Waals surface area contributed by atoms with E-state index in [0.717, 1.165) is 50.6 Å².